The zero-order chi connectivity index (χ0) is 20.5. The highest BCUT2D eigenvalue weighted by Crippen LogP contribution is 2.36. The maximum absolute atomic E-state index is 13.3. The molecular weight excluding hydrogens is 368 g/mol. The second kappa shape index (κ2) is 7.89. The summed E-state index contributed by atoms with van der Waals surface area (Å²) in [7, 11) is 0. The summed E-state index contributed by atoms with van der Waals surface area (Å²) < 4.78 is 0. The second-order valence-electron chi connectivity index (χ2n) is 7.97. The van der Waals surface area contributed by atoms with Crippen molar-refractivity contribution >= 4 is 17.8 Å². The van der Waals surface area contributed by atoms with Crippen LogP contribution in [0.1, 0.15) is 43.4 Å². The maximum Gasteiger partial charge on any atom is 0.322 e. The molecule has 1 aromatic carbocycles. The van der Waals surface area contributed by atoms with E-state index in [1.165, 1.54) is 0 Å². The van der Waals surface area contributed by atoms with Crippen LogP contribution in [0.25, 0.3) is 0 Å². The summed E-state index contributed by atoms with van der Waals surface area (Å²) in [5, 5.41) is 3.00. The lowest BCUT2D eigenvalue weighted by molar-refractivity contribution is -0.131. The predicted octanol–water partition coefficient (Wildman–Crippen LogP) is 2.19. The second-order valence-corrected chi connectivity index (χ2v) is 7.97. The summed E-state index contributed by atoms with van der Waals surface area (Å²) in [4.78, 5) is 43.6. The zero-order valence-electron chi connectivity index (χ0n) is 17.1. The van der Waals surface area contributed by atoms with Crippen molar-refractivity contribution in [3.8, 4) is 0 Å². The molecule has 0 aliphatic carbocycles. The molecule has 3 aliphatic heterocycles. The van der Waals surface area contributed by atoms with Gasteiger partial charge < -0.3 is 15.1 Å². The Morgan fingerprint density at radius 3 is 2.66 bits per heavy atom. The van der Waals surface area contributed by atoms with Crippen LogP contribution in [0.3, 0.4) is 0 Å². The van der Waals surface area contributed by atoms with Crippen LogP contribution < -0.4 is 5.32 Å². The molecule has 3 heterocycles. The lowest BCUT2D eigenvalue weighted by Gasteiger charge is -2.33. The van der Waals surface area contributed by atoms with Gasteiger partial charge in [0.2, 0.25) is 5.91 Å². The Kier molecular flexibility index (Phi) is 5.30. The molecule has 1 fully saturated rings. The molecule has 3 aliphatic rings. The van der Waals surface area contributed by atoms with Crippen LogP contribution in [0.5, 0.6) is 0 Å². The van der Waals surface area contributed by atoms with E-state index >= 15 is 0 Å². The maximum atomic E-state index is 13.3. The van der Waals surface area contributed by atoms with Crippen molar-refractivity contribution in [2.75, 3.05) is 32.7 Å². The molecule has 29 heavy (non-hydrogen) atoms. The summed E-state index contributed by atoms with van der Waals surface area (Å²) in [5.41, 5.74) is 3.38. The number of hydrogen-bond acceptors (Lipinski definition) is 3. The summed E-state index contributed by atoms with van der Waals surface area (Å²) >= 11 is 0. The molecule has 7 nitrogen and oxygen atoms in total. The van der Waals surface area contributed by atoms with Gasteiger partial charge in [0, 0.05) is 32.6 Å². The van der Waals surface area contributed by atoms with E-state index in [1.807, 2.05) is 43.0 Å². The summed E-state index contributed by atoms with van der Waals surface area (Å²) in [6.07, 6.45) is 2.44. The van der Waals surface area contributed by atoms with Gasteiger partial charge in [0.05, 0.1) is 23.9 Å². The van der Waals surface area contributed by atoms with E-state index in [0.29, 0.717) is 31.6 Å². The molecule has 1 saturated heterocycles. The molecule has 0 unspecified atom stereocenters. The topological polar surface area (TPSA) is 73.0 Å². The molecule has 154 valence electrons. The first-order chi connectivity index (χ1) is 14.0. The van der Waals surface area contributed by atoms with Gasteiger partial charge in [-0.2, -0.15) is 0 Å². The molecule has 4 amide bonds. The Hall–Kier alpha value is -2.83. The summed E-state index contributed by atoms with van der Waals surface area (Å²) in [6.45, 7) is 6.80. The molecule has 0 spiro atoms. The Bertz CT molecular complexity index is 873. The van der Waals surface area contributed by atoms with Crippen LogP contribution in [0.4, 0.5) is 4.79 Å². The van der Waals surface area contributed by atoms with Crippen LogP contribution in [0.15, 0.2) is 35.5 Å². The van der Waals surface area contributed by atoms with Gasteiger partial charge >= 0.3 is 6.03 Å². The van der Waals surface area contributed by atoms with Crippen LogP contribution >= 0.6 is 0 Å². The molecule has 0 aromatic heterocycles. The number of rotatable bonds is 5. The van der Waals surface area contributed by atoms with Crippen LogP contribution in [0, 0.1) is 6.92 Å². The Balaban J connectivity index is 1.56. The standard InChI is InChI=1S/C22H28N4O3/c1-3-26-17-14-25(12-9-18(27)24-10-4-5-11-24)21(28)19(17)20(23-22(26)29)16-8-6-7-15(2)13-16/h6-8,13,20H,3-5,9-12,14H2,1-2H3,(H,23,29)/t20-/m1/s1. The fourth-order valence-corrected chi connectivity index (χ4v) is 4.52. The number of carbonyl (C=O) groups excluding carboxylic acids is 3. The molecule has 1 atom stereocenters. The van der Waals surface area contributed by atoms with E-state index in [1.54, 1.807) is 9.80 Å². The van der Waals surface area contributed by atoms with Crippen molar-refractivity contribution in [3.05, 3.63) is 46.7 Å². The van der Waals surface area contributed by atoms with Crippen LogP contribution in [0.2, 0.25) is 0 Å². The number of benzene rings is 1. The first-order valence-corrected chi connectivity index (χ1v) is 10.4. The Labute approximate surface area is 171 Å². The number of amides is 4. The first kappa shape index (κ1) is 19.5. The number of likely N-dealkylation sites (N-methyl/N-ethyl adjacent to an activating group) is 1. The smallest absolute Gasteiger partial charge is 0.322 e. The third-order valence-corrected chi connectivity index (χ3v) is 6.04. The fraction of sp³-hybridized carbons (Fsp3) is 0.500. The molecule has 4 rings (SSSR count). The summed E-state index contributed by atoms with van der Waals surface area (Å²) in [5.74, 6) is 0.0242. The minimum absolute atomic E-state index is 0.0841. The predicted molar refractivity (Wildman–Crippen MR) is 109 cm³/mol. The quantitative estimate of drug-likeness (QED) is 0.829. The normalized spacial score (nSPS) is 21.7. The number of urea groups is 1. The van der Waals surface area contributed by atoms with E-state index < -0.39 is 6.04 Å². The van der Waals surface area contributed by atoms with E-state index in [2.05, 4.69) is 5.32 Å². The molecular formula is C22H28N4O3. The molecule has 0 bridgehead atoms. The lowest BCUT2D eigenvalue weighted by atomic mass is 9.94. The molecule has 0 saturated carbocycles. The monoisotopic (exact) mass is 396 g/mol. The average Bonchev–Trinajstić information content (AvgIpc) is 3.34. The third-order valence-electron chi connectivity index (χ3n) is 6.04. The highest BCUT2D eigenvalue weighted by molar-refractivity contribution is 6.01. The van der Waals surface area contributed by atoms with Crippen molar-refractivity contribution in [1.82, 2.24) is 20.0 Å². The Morgan fingerprint density at radius 1 is 1.21 bits per heavy atom. The van der Waals surface area contributed by atoms with Crippen molar-refractivity contribution < 1.29 is 14.4 Å². The van der Waals surface area contributed by atoms with Gasteiger partial charge in [-0.25, -0.2) is 4.79 Å². The molecule has 0 radical (unpaired) electrons. The lowest BCUT2D eigenvalue weighted by Crippen LogP contribution is -2.47. The molecule has 7 heteroatoms. The average molecular weight is 396 g/mol. The highest BCUT2D eigenvalue weighted by Gasteiger charge is 2.43. The number of hydrogen-bond donors (Lipinski definition) is 1. The molecule has 1 aromatic rings. The summed E-state index contributed by atoms with van der Waals surface area (Å²) in [6, 6.07) is 7.25. The van der Waals surface area contributed by atoms with Gasteiger partial charge in [0.1, 0.15) is 0 Å². The largest absolute Gasteiger partial charge is 0.343 e. The molecule has 1 N–H and O–H groups in total. The van der Waals surface area contributed by atoms with Gasteiger partial charge in [0.25, 0.3) is 5.91 Å². The number of carbonyl (C=O) groups is 3. The number of likely N-dealkylation sites (tertiary alicyclic amines) is 1. The first-order valence-electron chi connectivity index (χ1n) is 10.4. The highest BCUT2D eigenvalue weighted by atomic mass is 16.2. The van der Waals surface area contributed by atoms with Gasteiger partial charge in [-0.3, -0.25) is 14.5 Å². The minimum atomic E-state index is -0.452. The Morgan fingerprint density at radius 2 is 1.97 bits per heavy atom. The van der Waals surface area contributed by atoms with Crippen molar-refractivity contribution in [2.24, 2.45) is 0 Å². The third kappa shape index (κ3) is 3.61. The van der Waals surface area contributed by atoms with Gasteiger partial charge in [-0.05, 0) is 32.3 Å². The van der Waals surface area contributed by atoms with Gasteiger partial charge in [0.15, 0.2) is 0 Å². The van der Waals surface area contributed by atoms with Gasteiger partial charge in [-0.15, -0.1) is 0 Å². The van der Waals surface area contributed by atoms with E-state index in [0.717, 1.165) is 42.8 Å². The minimum Gasteiger partial charge on any atom is -0.343 e. The van der Waals surface area contributed by atoms with Crippen molar-refractivity contribution in [1.29, 1.82) is 0 Å². The number of nitrogens with one attached hydrogen (secondary N) is 1. The van der Waals surface area contributed by atoms with E-state index in [9.17, 15) is 14.4 Å². The van der Waals surface area contributed by atoms with Crippen LogP contribution in [-0.2, 0) is 9.59 Å². The number of aryl methyl sites for hydroxylation is 1. The zero-order valence-corrected chi connectivity index (χ0v) is 17.1. The number of nitrogens with zero attached hydrogens (tertiary/aromatic N) is 3. The van der Waals surface area contributed by atoms with E-state index in [4.69, 9.17) is 0 Å². The van der Waals surface area contributed by atoms with Crippen molar-refractivity contribution in [2.45, 2.75) is 39.2 Å². The SMILES string of the molecule is CCN1C(=O)N[C@H](c2cccc(C)c2)C2=C1CN(CCC(=O)N1CCCC1)C2=O. The van der Waals surface area contributed by atoms with Gasteiger partial charge in [-0.1, -0.05) is 29.8 Å². The van der Waals surface area contributed by atoms with Crippen LogP contribution in [-0.4, -0.2) is 65.3 Å². The van der Waals surface area contributed by atoms with Crippen molar-refractivity contribution in [3.63, 3.8) is 0 Å². The fourth-order valence-electron chi connectivity index (χ4n) is 4.52. The van der Waals surface area contributed by atoms with E-state index in [-0.39, 0.29) is 17.8 Å².